The second-order valence-electron chi connectivity index (χ2n) is 6.16. The van der Waals surface area contributed by atoms with Crippen LogP contribution in [-0.4, -0.2) is 38.3 Å². The van der Waals surface area contributed by atoms with Crippen LogP contribution in [0.3, 0.4) is 0 Å². The Kier molecular flexibility index (Phi) is 5.98. The number of sulfonamides is 1. The first-order valence-corrected chi connectivity index (χ1v) is 10.3. The molecule has 9 heteroatoms. The van der Waals surface area contributed by atoms with E-state index < -0.39 is 15.8 Å². The predicted octanol–water partition coefficient (Wildman–Crippen LogP) is 3.31. The van der Waals surface area contributed by atoms with E-state index in [4.69, 9.17) is 11.6 Å². The molecular formula is C18H19ClFN3O3S. The largest absolute Gasteiger partial charge is 0.375 e. The van der Waals surface area contributed by atoms with Crippen LogP contribution in [0.25, 0.3) is 0 Å². The smallest absolute Gasteiger partial charge is 0.243 e. The topological polar surface area (TPSA) is 78.5 Å². The van der Waals surface area contributed by atoms with E-state index in [9.17, 15) is 17.6 Å². The van der Waals surface area contributed by atoms with Gasteiger partial charge in [-0.05, 0) is 49.2 Å². The molecule has 1 aliphatic rings. The number of nitrogens with zero attached hydrogens (tertiary/aromatic N) is 1. The van der Waals surface area contributed by atoms with Crippen molar-refractivity contribution in [2.45, 2.75) is 17.7 Å². The molecule has 6 nitrogen and oxygen atoms in total. The molecular weight excluding hydrogens is 393 g/mol. The summed E-state index contributed by atoms with van der Waals surface area (Å²) in [5, 5.41) is 5.63. The highest BCUT2D eigenvalue weighted by Gasteiger charge is 2.27. The summed E-state index contributed by atoms with van der Waals surface area (Å²) in [6.07, 6.45) is 1.71. The molecule has 1 heterocycles. The fraction of sp³-hybridized carbons (Fsp3) is 0.278. The summed E-state index contributed by atoms with van der Waals surface area (Å²) in [7, 11) is -3.55. The van der Waals surface area contributed by atoms with Gasteiger partial charge in [0.05, 0.1) is 22.2 Å². The normalized spacial score (nSPS) is 14.9. The molecule has 2 N–H and O–H groups in total. The van der Waals surface area contributed by atoms with Crippen molar-refractivity contribution in [3.8, 4) is 0 Å². The van der Waals surface area contributed by atoms with E-state index in [1.54, 1.807) is 12.1 Å². The Balaban J connectivity index is 1.64. The molecule has 144 valence electrons. The van der Waals surface area contributed by atoms with Gasteiger partial charge in [0, 0.05) is 18.8 Å². The van der Waals surface area contributed by atoms with Crippen LogP contribution in [0.5, 0.6) is 0 Å². The Labute approximate surface area is 162 Å². The third-order valence-electron chi connectivity index (χ3n) is 4.19. The summed E-state index contributed by atoms with van der Waals surface area (Å²) in [6, 6.07) is 9.98. The fourth-order valence-corrected chi connectivity index (χ4v) is 4.62. The standard InChI is InChI=1S/C18H19ClFN3O3S/c19-16-10-13(20)6-7-17(16)21-12-18(24)22-14-4-3-5-15(11-14)27(25,26)23-8-1-2-9-23/h3-7,10-11,21H,1-2,8-9,12H2,(H,22,24). The van der Waals surface area contributed by atoms with E-state index in [0.29, 0.717) is 24.5 Å². The van der Waals surface area contributed by atoms with Gasteiger partial charge in [0.2, 0.25) is 15.9 Å². The molecule has 0 radical (unpaired) electrons. The van der Waals surface area contributed by atoms with Crippen molar-refractivity contribution in [2.24, 2.45) is 0 Å². The third-order valence-corrected chi connectivity index (χ3v) is 6.40. The molecule has 0 aliphatic carbocycles. The molecule has 1 aliphatic heterocycles. The number of halogens is 2. The maximum atomic E-state index is 13.0. The SMILES string of the molecule is O=C(CNc1ccc(F)cc1Cl)Nc1cccc(S(=O)(=O)N2CCCC2)c1. The summed E-state index contributed by atoms with van der Waals surface area (Å²) in [6.45, 7) is 0.928. The van der Waals surface area contributed by atoms with Crippen LogP contribution in [0.4, 0.5) is 15.8 Å². The summed E-state index contributed by atoms with van der Waals surface area (Å²) in [4.78, 5) is 12.3. The Hall–Kier alpha value is -2.16. The molecule has 1 saturated heterocycles. The number of hydrogen-bond acceptors (Lipinski definition) is 4. The minimum Gasteiger partial charge on any atom is -0.375 e. The number of benzene rings is 2. The zero-order valence-corrected chi connectivity index (χ0v) is 16.0. The van der Waals surface area contributed by atoms with Crippen LogP contribution in [0.2, 0.25) is 5.02 Å². The molecule has 0 aromatic heterocycles. The average Bonchev–Trinajstić information content (AvgIpc) is 3.17. The first-order chi connectivity index (χ1) is 12.9. The quantitative estimate of drug-likeness (QED) is 0.764. The second-order valence-corrected chi connectivity index (χ2v) is 8.51. The molecule has 0 atom stereocenters. The fourth-order valence-electron chi connectivity index (χ4n) is 2.83. The molecule has 0 spiro atoms. The van der Waals surface area contributed by atoms with Crippen LogP contribution in [0.15, 0.2) is 47.4 Å². The van der Waals surface area contributed by atoms with Gasteiger partial charge in [-0.25, -0.2) is 12.8 Å². The van der Waals surface area contributed by atoms with E-state index in [-0.39, 0.29) is 22.4 Å². The Morgan fingerprint density at radius 2 is 1.89 bits per heavy atom. The van der Waals surface area contributed by atoms with Gasteiger partial charge in [0.15, 0.2) is 0 Å². The lowest BCUT2D eigenvalue weighted by Crippen LogP contribution is -2.28. The lowest BCUT2D eigenvalue weighted by atomic mass is 10.3. The number of rotatable bonds is 6. The maximum Gasteiger partial charge on any atom is 0.243 e. The van der Waals surface area contributed by atoms with Crippen molar-refractivity contribution in [1.82, 2.24) is 4.31 Å². The van der Waals surface area contributed by atoms with Crippen molar-refractivity contribution in [3.05, 3.63) is 53.3 Å². The van der Waals surface area contributed by atoms with Crippen LogP contribution in [0.1, 0.15) is 12.8 Å². The van der Waals surface area contributed by atoms with E-state index in [1.165, 1.54) is 28.6 Å². The summed E-state index contributed by atoms with van der Waals surface area (Å²) >= 11 is 5.90. The number of carbonyl (C=O) groups excluding carboxylic acids is 1. The number of nitrogens with one attached hydrogen (secondary N) is 2. The van der Waals surface area contributed by atoms with Gasteiger partial charge in [-0.1, -0.05) is 17.7 Å². The summed E-state index contributed by atoms with van der Waals surface area (Å²) in [5.74, 6) is -0.850. The van der Waals surface area contributed by atoms with Crippen molar-refractivity contribution >= 4 is 38.9 Å². The Morgan fingerprint density at radius 3 is 2.59 bits per heavy atom. The maximum absolute atomic E-state index is 13.0. The van der Waals surface area contributed by atoms with E-state index in [2.05, 4.69) is 10.6 Å². The molecule has 1 fully saturated rings. The van der Waals surface area contributed by atoms with Gasteiger partial charge in [-0.3, -0.25) is 4.79 Å². The highest BCUT2D eigenvalue weighted by Crippen LogP contribution is 2.24. The first-order valence-electron chi connectivity index (χ1n) is 8.45. The van der Waals surface area contributed by atoms with E-state index >= 15 is 0 Å². The van der Waals surface area contributed by atoms with Crippen molar-refractivity contribution in [1.29, 1.82) is 0 Å². The highest BCUT2D eigenvalue weighted by atomic mass is 35.5. The van der Waals surface area contributed by atoms with Gasteiger partial charge >= 0.3 is 0 Å². The lowest BCUT2D eigenvalue weighted by Gasteiger charge is -2.16. The predicted molar refractivity (Wildman–Crippen MR) is 103 cm³/mol. The second kappa shape index (κ2) is 8.24. The lowest BCUT2D eigenvalue weighted by molar-refractivity contribution is -0.114. The van der Waals surface area contributed by atoms with Crippen LogP contribution < -0.4 is 10.6 Å². The Bertz CT molecular complexity index is 947. The molecule has 0 saturated carbocycles. The molecule has 27 heavy (non-hydrogen) atoms. The molecule has 0 unspecified atom stereocenters. The Morgan fingerprint density at radius 1 is 1.15 bits per heavy atom. The van der Waals surface area contributed by atoms with Gasteiger partial charge in [-0.2, -0.15) is 4.31 Å². The summed E-state index contributed by atoms with van der Waals surface area (Å²) < 4.78 is 39.7. The van der Waals surface area contributed by atoms with Crippen LogP contribution in [0, 0.1) is 5.82 Å². The monoisotopic (exact) mass is 411 g/mol. The van der Waals surface area contributed by atoms with E-state index in [0.717, 1.165) is 18.9 Å². The molecule has 1 amide bonds. The number of hydrogen-bond donors (Lipinski definition) is 2. The van der Waals surface area contributed by atoms with Crippen LogP contribution in [-0.2, 0) is 14.8 Å². The van der Waals surface area contributed by atoms with Gasteiger partial charge in [-0.15, -0.1) is 0 Å². The molecule has 0 bridgehead atoms. The van der Waals surface area contributed by atoms with Crippen molar-refractivity contribution in [2.75, 3.05) is 30.3 Å². The first kappa shape index (κ1) is 19.6. The van der Waals surface area contributed by atoms with Gasteiger partial charge < -0.3 is 10.6 Å². The zero-order valence-electron chi connectivity index (χ0n) is 14.4. The molecule has 2 aromatic carbocycles. The highest BCUT2D eigenvalue weighted by molar-refractivity contribution is 7.89. The van der Waals surface area contributed by atoms with Crippen LogP contribution >= 0.6 is 11.6 Å². The van der Waals surface area contributed by atoms with Crippen molar-refractivity contribution in [3.63, 3.8) is 0 Å². The zero-order chi connectivity index (χ0) is 19.4. The summed E-state index contributed by atoms with van der Waals surface area (Å²) in [5.41, 5.74) is 0.811. The minimum absolute atomic E-state index is 0.103. The number of anilines is 2. The van der Waals surface area contributed by atoms with Gasteiger partial charge in [0.1, 0.15) is 5.82 Å². The third kappa shape index (κ3) is 4.77. The minimum atomic E-state index is -3.55. The van der Waals surface area contributed by atoms with Gasteiger partial charge in [0.25, 0.3) is 0 Å². The molecule has 2 aromatic rings. The number of carbonyl (C=O) groups is 1. The average molecular weight is 412 g/mol. The number of amides is 1. The molecule has 3 rings (SSSR count). The van der Waals surface area contributed by atoms with Crippen molar-refractivity contribution < 1.29 is 17.6 Å². The van der Waals surface area contributed by atoms with E-state index in [1.807, 2.05) is 0 Å².